The van der Waals surface area contributed by atoms with Crippen molar-refractivity contribution in [3.63, 3.8) is 0 Å². The van der Waals surface area contributed by atoms with Crippen LogP contribution < -0.4 is 20.5 Å². The first-order chi connectivity index (χ1) is 10.1. The van der Waals surface area contributed by atoms with Gasteiger partial charge in [0.25, 0.3) is 0 Å². The first-order valence-corrected chi connectivity index (χ1v) is 6.49. The molecule has 5 heteroatoms. The van der Waals surface area contributed by atoms with E-state index in [4.69, 9.17) is 15.2 Å². The lowest BCUT2D eigenvalue weighted by molar-refractivity contribution is -0.115. The van der Waals surface area contributed by atoms with Crippen LogP contribution in [0.2, 0.25) is 0 Å². The van der Waals surface area contributed by atoms with Gasteiger partial charge in [-0.3, -0.25) is 4.79 Å². The van der Waals surface area contributed by atoms with Crippen LogP contribution in [0.3, 0.4) is 0 Å². The van der Waals surface area contributed by atoms with Crippen LogP contribution in [0.5, 0.6) is 11.5 Å². The summed E-state index contributed by atoms with van der Waals surface area (Å²) in [5.74, 6) is 1.05. The van der Waals surface area contributed by atoms with Crippen molar-refractivity contribution in [1.29, 1.82) is 0 Å². The molecule has 0 fully saturated rings. The van der Waals surface area contributed by atoms with Crippen LogP contribution in [0.15, 0.2) is 42.5 Å². The van der Waals surface area contributed by atoms with E-state index in [2.05, 4.69) is 5.32 Å². The molecule has 0 aliphatic carbocycles. The Morgan fingerprint density at radius 3 is 2.57 bits per heavy atom. The van der Waals surface area contributed by atoms with Crippen LogP contribution >= 0.6 is 0 Å². The first kappa shape index (κ1) is 14.7. The zero-order valence-corrected chi connectivity index (χ0v) is 12.1. The molecule has 2 rings (SSSR count). The zero-order valence-electron chi connectivity index (χ0n) is 12.1. The number of para-hydroxylation sites is 1. The highest BCUT2D eigenvalue weighted by atomic mass is 16.5. The number of hydrogen-bond donors (Lipinski definition) is 2. The minimum atomic E-state index is -0.167. The summed E-state index contributed by atoms with van der Waals surface area (Å²) in [7, 11) is 3.12. The van der Waals surface area contributed by atoms with Crippen molar-refractivity contribution in [3.05, 3.63) is 48.0 Å². The molecule has 0 spiro atoms. The van der Waals surface area contributed by atoms with E-state index in [0.29, 0.717) is 22.9 Å². The van der Waals surface area contributed by atoms with Crippen molar-refractivity contribution in [2.24, 2.45) is 0 Å². The number of nitrogens with two attached hydrogens (primary N) is 1. The molecular weight excluding hydrogens is 268 g/mol. The Morgan fingerprint density at radius 2 is 1.90 bits per heavy atom. The largest absolute Gasteiger partial charge is 0.497 e. The lowest BCUT2D eigenvalue weighted by Gasteiger charge is -2.12. The molecule has 1 amide bonds. The molecule has 2 aromatic rings. The number of carbonyl (C=O) groups excluding carboxylic acids is 1. The Labute approximate surface area is 123 Å². The Hall–Kier alpha value is -2.69. The minimum Gasteiger partial charge on any atom is -0.497 e. The van der Waals surface area contributed by atoms with Gasteiger partial charge in [0.1, 0.15) is 11.5 Å². The SMILES string of the molecule is COc1ccc(OC)c(NC(=O)Cc2ccccc2N)c1. The van der Waals surface area contributed by atoms with Crippen molar-refractivity contribution in [2.75, 3.05) is 25.3 Å². The molecule has 0 aliphatic heterocycles. The predicted octanol–water partition coefficient (Wildman–Crippen LogP) is 2.47. The van der Waals surface area contributed by atoms with E-state index in [0.717, 1.165) is 5.56 Å². The lowest BCUT2D eigenvalue weighted by Crippen LogP contribution is -2.16. The molecule has 110 valence electrons. The summed E-state index contributed by atoms with van der Waals surface area (Å²) in [6.45, 7) is 0. The van der Waals surface area contributed by atoms with Crippen LogP contribution in [-0.2, 0) is 11.2 Å². The Kier molecular flexibility index (Phi) is 4.66. The molecule has 0 aromatic heterocycles. The summed E-state index contributed by atoms with van der Waals surface area (Å²) in [5.41, 5.74) is 7.80. The maximum Gasteiger partial charge on any atom is 0.228 e. The van der Waals surface area contributed by atoms with E-state index in [1.165, 1.54) is 0 Å². The van der Waals surface area contributed by atoms with Crippen molar-refractivity contribution in [3.8, 4) is 11.5 Å². The molecule has 0 bridgehead atoms. The molecule has 0 heterocycles. The van der Waals surface area contributed by atoms with E-state index in [-0.39, 0.29) is 12.3 Å². The van der Waals surface area contributed by atoms with Gasteiger partial charge in [-0.2, -0.15) is 0 Å². The maximum absolute atomic E-state index is 12.1. The average Bonchev–Trinajstić information content (AvgIpc) is 2.49. The predicted molar refractivity (Wildman–Crippen MR) is 82.7 cm³/mol. The monoisotopic (exact) mass is 286 g/mol. The summed E-state index contributed by atoms with van der Waals surface area (Å²) < 4.78 is 10.4. The standard InChI is InChI=1S/C16H18N2O3/c1-20-12-7-8-15(21-2)14(10-12)18-16(19)9-11-5-3-4-6-13(11)17/h3-8,10H,9,17H2,1-2H3,(H,18,19). The van der Waals surface area contributed by atoms with Gasteiger partial charge in [-0.15, -0.1) is 0 Å². The molecule has 0 unspecified atom stereocenters. The van der Waals surface area contributed by atoms with Gasteiger partial charge < -0.3 is 20.5 Å². The van der Waals surface area contributed by atoms with Crippen molar-refractivity contribution in [1.82, 2.24) is 0 Å². The second kappa shape index (κ2) is 6.65. The third-order valence-corrected chi connectivity index (χ3v) is 3.09. The van der Waals surface area contributed by atoms with Crippen LogP contribution in [0.25, 0.3) is 0 Å². The number of methoxy groups -OCH3 is 2. The highest BCUT2D eigenvalue weighted by Gasteiger charge is 2.11. The number of ether oxygens (including phenoxy) is 2. The van der Waals surface area contributed by atoms with Gasteiger partial charge >= 0.3 is 0 Å². The molecule has 3 N–H and O–H groups in total. The number of amides is 1. The number of nitrogens with one attached hydrogen (secondary N) is 1. The number of benzene rings is 2. The van der Waals surface area contributed by atoms with Gasteiger partial charge in [-0.25, -0.2) is 0 Å². The van der Waals surface area contributed by atoms with Gasteiger partial charge in [0.2, 0.25) is 5.91 Å². The zero-order chi connectivity index (χ0) is 15.2. The summed E-state index contributed by atoms with van der Waals surface area (Å²) in [4.78, 5) is 12.1. The third kappa shape index (κ3) is 3.66. The van der Waals surface area contributed by atoms with Gasteiger partial charge in [-0.1, -0.05) is 18.2 Å². The van der Waals surface area contributed by atoms with Crippen molar-refractivity contribution in [2.45, 2.75) is 6.42 Å². The second-order valence-corrected chi connectivity index (χ2v) is 4.49. The van der Waals surface area contributed by atoms with Crippen LogP contribution in [-0.4, -0.2) is 20.1 Å². The minimum absolute atomic E-state index is 0.167. The summed E-state index contributed by atoms with van der Waals surface area (Å²) in [5, 5.41) is 2.81. The molecule has 0 aliphatic rings. The topological polar surface area (TPSA) is 73.6 Å². The van der Waals surface area contributed by atoms with E-state index < -0.39 is 0 Å². The second-order valence-electron chi connectivity index (χ2n) is 4.49. The molecule has 5 nitrogen and oxygen atoms in total. The first-order valence-electron chi connectivity index (χ1n) is 6.49. The highest BCUT2D eigenvalue weighted by molar-refractivity contribution is 5.94. The average molecular weight is 286 g/mol. The fraction of sp³-hybridized carbons (Fsp3) is 0.188. The van der Waals surface area contributed by atoms with Crippen LogP contribution in [0, 0.1) is 0 Å². The fourth-order valence-electron chi connectivity index (χ4n) is 1.97. The maximum atomic E-state index is 12.1. The molecular formula is C16H18N2O3. The molecule has 2 aromatic carbocycles. The quantitative estimate of drug-likeness (QED) is 0.828. The summed E-state index contributed by atoms with van der Waals surface area (Å²) in [6, 6.07) is 12.5. The van der Waals surface area contributed by atoms with Crippen LogP contribution in [0.4, 0.5) is 11.4 Å². The summed E-state index contributed by atoms with van der Waals surface area (Å²) >= 11 is 0. The third-order valence-electron chi connectivity index (χ3n) is 3.09. The van der Waals surface area contributed by atoms with Crippen LogP contribution in [0.1, 0.15) is 5.56 Å². The Morgan fingerprint density at radius 1 is 1.14 bits per heavy atom. The smallest absolute Gasteiger partial charge is 0.228 e. The molecule has 0 saturated carbocycles. The molecule has 0 saturated heterocycles. The number of anilines is 2. The number of carbonyl (C=O) groups is 1. The lowest BCUT2D eigenvalue weighted by atomic mass is 10.1. The van der Waals surface area contributed by atoms with E-state index >= 15 is 0 Å². The fourth-order valence-corrected chi connectivity index (χ4v) is 1.97. The highest BCUT2D eigenvalue weighted by Crippen LogP contribution is 2.29. The van der Waals surface area contributed by atoms with Crippen molar-refractivity contribution < 1.29 is 14.3 Å². The summed E-state index contributed by atoms with van der Waals surface area (Å²) in [6.07, 6.45) is 0.201. The number of rotatable bonds is 5. The Bertz CT molecular complexity index is 641. The van der Waals surface area contributed by atoms with E-state index in [1.807, 2.05) is 18.2 Å². The van der Waals surface area contributed by atoms with Gasteiger partial charge in [-0.05, 0) is 23.8 Å². The molecule has 0 atom stereocenters. The number of nitrogen functional groups attached to an aromatic ring is 1. The van der Waals surface area contributed by atoms with E-state index in [1.54, 1.807) is 38.5 Å². The molecule has 0 radical (unpaired) electrons. The van der Waals surface area contributed by atoms with Gasteiger partial charge in [0, 0.05) is 11.8 Å². The van der Waals surface area contributed by atoms with Gasteiger partial charge in [0.15, 0.2) is 0 Å². The van der Waals surface area contributed by atoms with Crippen molar-refractivity contribution >= 4 is 17.3 Å². The molecule has 21 heavy (non-hydrogen) atoms. The normalized spacial score (nSPS) is 10.0. The van der Waals surface area contributed by atoms with E-state index in [9.17, 15) is 4.79 Å². The van der Waals surface area contributed by atoms with Gasteiger partial charge in [0.05, 0.1) is 26.3 Å². The number of hydrogen-bond acceptors (Lipinski definition) is 4. The Balaban J connectivity index is 2.14.